The SMILES string of the molecule is Cc1ccn(CC(=O)Nc2ccc(S(=O)(=O)N3CCOCC3)cc2)n1. The number of aromatic nitrogens is 2. The van der Waals surface area contributed by atoms with E-state index in [0.717, 1.165) is 5.69 Å². The molecule has 1 saturated heterocycles. The summed E-state index contributed by atoms with van der Waals surface area (Å²) in [5.41, 5.74) is 1.38. The first kappa shape index (κ1) is 17.6. The van der Waals surface area contributed by atoms with Gasteiger partial charge in [-0.1, -0.05) is 0 Å². The molecule has 1 aliphatic heterocycles. The third-order valence-corrected chi connectivity index (χ3v) is 5.74. The van der Waals surface area contributed by atoms with Gasteiger partial charge in [-0.05, 0) is 37.3 Å². The molecule has 25 heavy (non-hydrogen) atoms. The van der Waals surface area contributed by atoms with E-state index in [9.17, 15) is 13.2 Å². The van der Waals surface area contributed by atoms with E-state index in [2.05, 4.69) is 10.4 Å². The Bertz CT molecular complexity index is 839. The number of morpholine rings is 1. The van der Waals surface area contributed by atoms with Gasteiger partial charge in [-0.25, -0.2) is 8.42 Å². The number of hydrogen-bond donors (Lipinski definition) is 1. The fraction of sp³-hybridized carbons (Fsp3) is 0.375. The number of sulfonamides is 1. The summed E-state index contributed by atoms with van der Waals surface area (Å²) < 4.78 is 33.2. The zero-order valence-electron chi connectivity index (χ0n) is 13.9. The van der Waals surface area contributed by atoms with Gasteiger partial charge in [-0.3, -0.25) is 9.48 Å². The summed E-state index contributed by atoms with van der Waals surface area (Å²) >= 11 is 0. The molecule has 2 aromatic rings. The van der Waals surface area contributed by atoms with E-state index in [1.54, 1.807) is 23.0 Å². The second-order valence-corrected chi connectivity index (χ2v) is 7.68. The van der Waals surface area contributed by atoms with Crippen LogP contribution in [0.3, 0.4) is 0 Å². The number of nitrogens with zero attached hydrogens (tertiary/aromatic N) is 3. The molecule has 1 aromatic carbocycles. The summed E-state index contributed by atoms with van der Waals surface area (Å²) in [6.07, 6.45) is 1.73. The summed E-state index contributed by atoms with van der Waals surface area (Å²) in [6, 6.07) is 7.98. The third kappa shape index (κ3) is 4.25. The van der Waals surface area contributed by atoms with Crippen LogP contribution in [0.4, 0.5) is 5.69 Å². The highest BCUT2D eigenvalue weighted by Crippen LogP contribution is 2.19. The molecule has 3 rings (SSSR count). The van der Waals surface area contributed by atoms with Gasteiger partial charge in [0, 0.05) is 25.0 Å². The number of hydrogen-bond acceptors (Lipinski definition) is 5. The molecular weight excluding hydrogens is 344 g/mol. The number of carbonyl (C=O) groups is 1. The van der Waals surface area contributed by atoms with Crippen LogP contribution in [0.15, 0.2) is 41.4 Å². The Morgan fingerprint density at radius 2 is 1.88 bits per heavy atom. The molecule has 1 N–H and O–H groups in total. The van der Waals surface area contributed by atoms with Crippen molar-refractivity contribution in [2.24, 2.45) is 0 Å². The predicted molar refractivity (Wildman–Crippen MR) is 91.6 cm³/mol. The Morgan fingerprint density at radius 1 is 1.20 bits per heavy atom. The lowest BCUT2D eigenvalue weighted by atomic mass is 10.3. The second kappa shape index (κ2) is 7.34. The third-order valence-electron chi connectivity index (χ3n) is 3.83. The minimum Gasteiger partial charge on any atom is -0.379 e. The summed E-state index contributed by atoms with van der Waals surface area (Å²) in [6.45, 7) is 3.46. The molecule has 0 unspecified atom stereocenters. The van der Waals surface area contributed by atoms with Crippen LogP contribution in [0.25, 0.3) is 0 Å². The largest absolute Gasteiger partial charge is 0.379 e. The van der Waals surface area contributed by atoms with Crippen LogP contribution in [0, 0.1) is 6.92 Å². The van der Waals surface area contributed by atoms with Crippen molar-refractivity contribution in [1.29, 1.82) is 0 Å². The second-order valence-electron chi connectivity index (χ2n) is 5.74. The molecule has 0 radical (unpaired) electrons. The van der Waals surface area contributed by atoms with Crippen molar-refractivity contribution in [3.05, 3.63) is 42.2 Å². The average molecular weight is 364 g/mol. The smallest absolute Gasteiger partial charge is 0.246 e. The normalized spacial score (nSPS) is 15.9. The fourth-order valence-corrected chi connectivity index (χ4v) is 3.95. The molecule has 1 amide bonds. The zero-order chi connectivity index (χ0) is 17.9. The summed E-state index contributed by atoms with van der Waals surface area (Å²) in [5, 5.41) is 6.88. The Hall–Kier alpha value is -2.23. The number of nitrogens with one attached hydrogen (secondary N) is 1. The predicted octanol–water partition coefficient (Wildman–Crippen LogP) is 0.851. The Labute approximate surface area is 146 Å². The van der Waals surface area contributed by atoms with Crippen molar-refractivity contribution >= 4 is 21.6 Å². The fourth-order valence-electron chi connectivity index (χ4n) is 2.55. The Morgan fingerprint density at radius 3 is 2.48 bits per heavy atom. The number of rotatable bonds is 5. The molecule has 8 nitrogen and oxygen atoms in total. The molecule has 0 bridgehead atoms. The standard InChI is InChI=1S/C16H20N4O4S/c1-13-6-7-19(18-13)12-16(21)17-14-2-4-15(5-3-14)25(22,23)20-8-10-24-11-9-20/h2-7H,8-12H2,1H3,(H,17,21). The van der Waals surface area contributed by atoms with Gasteiger partial charge in [0.25, 0.3) is 0 Å². The van der Waals surface area contributed by atoms with Crippen LogP contribution in [-0.2, 0) is 26.1 Å². The number of carbonyl (C=O) groups excluding carboxylic acids is 1. The van der Waals surface area contributed by atoms with E-state index in [1.165, 1.54) is 16.4 Å². The quantitative estimate of drug-likeness (QED) is 0.849. The van der Waals surface area contributed by atoms with Gasteiger partial charge in [0.05, 0.1) is 23.8 Å². The van der Waals surface area contributed by atoms with Crippen LogP contribution in [0.1, 0.15) is 5.69 Å². The lowest BCUT2D eigenvalue weighted by Crippen LogP contribution is -2.40. The van der Waals surface area contributed by atoms with E-state index in [1.807, 2.05) is 13.0 Å². The van der Waals surface area contributed by atoms with E-state index in [0.29, 0.717) is 32.0 Å². The van der Waals surface area contributed by atoms with Crippen LogP contribution in [0.5, 0.6) is 0 Å². The van der Waals surface area contributed by atoms with Crippen LogP contribution in [0.2, 0.25) is 0 Å². The van der Waals surface area contributed by atoms with E-state index in [4.69, 9.17) is 4.74 Å². The van der Waals surface area contributed by atoms with Gasteiger partial charge in [-0.2, -0.15) is 9.40 Å². The molecule has 134 valence electrons. The summed E-state index contributed by atoms with van der Waals surface area (Å²) in [4.78, 5) is 12.2. The number of amides is 1. The first-order valence-electron chi connectivity index (χ1n) is 7.93. The van der Waals surface area contributed by atoms with Gasteiger partial charge in [-0.15, -0.1) is 0 Å². The zero-order valence-corrected chi connectivity index (χ0v) is 14.7. The molecule has 0 atom stereocenters. The average Bonchev–Trinajstić information content (AvgIpc) is 3.01. The van der Waals surface area contributed by atoms with Crippen LogP contribution in [-0.4, -0.2) is 54.7 Å². The highest BCUT2D eigenvalue weighted by atomic mass is 32.2. The lowest BCUT2D eigenvalue weighted by Gasteiger charge is -2.26. The molecule has 1 fully saturated rings. The molecule has 0 saturated carbocycles. The van der Waals surface area contributed by atoms with Crippen molar-refractivity contribution in [2.75, 3.05) is 31.6 Å². The number of ether oxygens (including phenoxy) is 1. The lowest BCUT2D eigenvalue weighted by molar-refractivity contribution is -0.116. The number of benzene rings is 1. The molecule has 9 heteroatoms. The van der Waals surface area contributed by atoms with Crippen molar-refractivity contribution in [1.82, 2.24) is 14.1 Å². The highest BCUT2D eigenvalue weighted by Gasteiger charge is 2.26. The van der Waals surface area contributed by atoms with Crippen LogP contribution >= 0.6 is 0 Å². The van der Waals surface area contributed by atoms with Gasteiger partial charge in [0.2, 0.25) is 15.9 Å². The van der Waals surface area contributed by atoms with E-state index in [-0.39, 0.29) is 17.3 Å². The van der Waals surface area contributed by atoms with Gasteiger partial charge in [0.15, 0.2) is 0 Å². The van der Waals surface area contributed by atoms with Crippen LogP contribution < -0.4 is 5.32 Å². The van der Waals surface area contributed by atoms with Gasteiger partial charge < -0.3 is 10.1 Å². The van der Waals surface area contributed by atoms with Crippen molar-refractivity contribution in [3.8, 4) is 0 Å². The topological polar surface area (TPSA) is 93.5 Å². The summed E-state index contributed by atoms with van der Waals surface area (Å²) in [5.74, 6) is -0.230. The molecular formula is C16H20N4O4S. The molecule has 0 aliphatic carbocycles. The highest BCUT2D eigenvalue weighted by molar-refractivity contribution is 7.89. The van der Waals surface area contributed by atoms with Gasteiger partial charge >= 0.3 is 0 Å². The van der Waals surface area contributed by atoms with Crippen molar-refractivity contribution < 1.29 is 17.9 Å². The van der Waals surface area contributed by atoms with Crippen molar-refractivity contribution in [2.45, 2.75) is 18.4 Å². The van der Waals surface area contributed by atoms with E-state index >= 15 is 0 Å². The Balaban J connectivity index is 1.64. The number of anilines is 1. The minimum atomic E-state index is -3.53. The molecule has 1 aliphatic rings. The maximum Gasteiger partial charge on any atom is 0.246 e. The van der Waals surface area contributed by atoms with E-state index < -0.39 is 10.0 Å². The molecule has 0 spiro atoms. The molecule has 2 heterocycles. The monoisotopic (exact) mass is 364 g/mol. The number of aryl methyl sites for hydroxylation is 1. The maximum atomic E-state index is 12.5. The minimum absolute atomic E-state index is 0.0989. The maximum absolute atomic E-state index is 12.5. The Kier molecular flexibility index (Phi) is 5.16. The van der Waals surface area contributed by atoms with Crippen molar-refractivity contribution in [3.63, 3.8) is 0 Å². The first-order chi connectivity index (χ1) is 11.9. The molecule has 1 aromatic heterocycles. The first-order valence-corrected chi connectivity index (χ1v) is 9.37. The summed E-state index contributed by atoms with van der Waals surface area (Å²) in [7, 11) is -3.53. The van der Waals surface area contributed by atoms with Gasteiger partial charge in [0.1, 0.15) is 6.54 Å².